The molecule has 1 N–H and O–H groups in total. The first-order valence-corrected chi connectivity index (χ1v) is 9.94. The number of nitrogens with one attached hydrogen (secondary N) is 1. The van der Waals surface area contributed by atoms with Crippen molar-refractivity contribution in [3.05, 3.63) is 73.8 Å². The van der Waals surface area contributed by atoms with E-state index in [0.29, 0.717) is 29.7 Å². The molecule has 1 unspecified atom stereocenters. The van der Waals surface area contributed by atoms with Gasteiger partial charge in [0.25, 0.3) is 5.69 Å². The number of amides is 1. The van der Waals surface area contributed by atoms with Gasteiger partial charge in [-0.05, 0) is 23.3 Å². The van der Waals surface area contributed by atoms with Crippen LogP contribution in [-0.4, -0.2) is 48.1 Å². The lowest BCUT2D eigenvalue weighted by atomic mass is 10.1. The van der Waals surface area contributed by atoms with Crippen LogP contribution in [0.5, 0.6) is 0 Å². The summed E-state index contributed by atoms with van der Waals surface area (Å²) in [4.78, 5) is 24.6. The highest BCUT2D eigenvalue weighted by atomic mass is 35.5. The molecule has 1 fully saturated rings. The van der Waals surface area contributed by atoms with Gasteiger partial charge in [0.15, 0.2) is 0 Å². The number of morpholine rings is 1. The standard InChI is InChI=1S/C20H21Cl2N3O4/c21-18-6-3-15(9-19(18)22)12-24-7-8-29-17(13-24)11-23-20(26)10-14-1-4-16(5-2-14)25(27)28/h1-6,9,17H,7-8,10-13H2,(H,23,26). The summed E-state index contributed by atoms with van der Waals surface area (Å²) in [6, 6.07) is 11.6. The Labute approximate surface area is 178 Å². The van der Waals surface area contributed by atoms with Gasteiger partial charge in [-0.15, -0.1) is 0 Å². The average molecular weight is 438 g/mol. The number of nitro groups is 1. The average Bonchev–Trinajstić information content (AvgIpc) is 2.70. The van der Waals surface area contributed by atoms with Crippen LogP contribution in [0.25, 0.3) is 0 Å². The maximum Gasteiger partial charge on any atom is 0.269 e. The quantitative estimate of drug-likeness (QED) is 0.529. The lowest BCUT2D eigenvalue weighted by molar-refractivity contribution is -0.384. The van der Waals surface area contributed by atoms with Crippen LogP contribution in [0.2, 0.25) is 10.0 Å². The highest BCUT2D eigenvalue weighted by molar-refractivity contribution is 6.42. The van der Waals surface area contributed by atoms with Crippen LogP contribution in [0.3, 0.4) is 0 Å². The van der Waals surface area contributed by atoms with Crippen molar-refractivity contribution in [1.82, 2.24) is 10.2 Å². The van der Waals surface area contributed by atoms with Gasteiger partial charge in [0.1, 0.15) is 0 Å². The first-order chi connectivity index (χ1) is 13.9. The van der Waals surface area contributed by atoms with Gasteiger partial charge >= 0.3 is 0 Å². The SMILES string of the molecule is O=C(Cc1ccc([N+](=O)[O-])cc1)NCC1CN(Cc2ccc(Cl)c(Cl)c2)CCO1. The number of rotatable bonds is 7. The van der Waals surface area contributed by atoms with Crippen molar-refractivity contribution in [3.63, 3.8) is 0 Å². The first kappa shape index (κ1) is 21.5. The molecule has 0 saturated carbocycles. The largest absolute Gasteiger partial charge is 0.374 e. The monoisotopic (exact) mass is 437 g/mol. The predicted octanol–water partition coefficient (Wildman–Crippen LogP) is 3.46. The Morgan fingerprint density at radius 2 is 1.90 bits per heavy atom. The smallest absolute Gasteiger partial charge is 0.269 e. The number of carbonyl (C=O) groups is 1. The highest BCUT2D eigenvalue weighted by Crippen LogP contribution is 2.23. The molecule has 1 aliphatic heterocycles. The topological polar surface area (TPSA) is 84.7 Å². The Morgan fingerprint density at radius 1 is 1.17 bits per heavy atom. The second-order valence-corrected chi connectivity index (χ2v) is 7.70. The van der Waals surface area contributed by atoms with Gasteiger partial charge < -0.3 is 10.1 Å². The molecule has 0 radical (unpaired) electrons. The maximum atomic E-state index is 12.2. The van der Waals surface area contributed by atoms with E-state index in [4.69, 9.17) is 27.9 Å². The zero-order chi connectivity index (χ0) is 20.8. The molecule has 0 bridgehead atoms. The Hall–Kier alpha value is -2.19. The molecule has 0 aliphatic carbocycles. The molecular weight excluding hydrogens is 417 g/mol. The molecule has 2 aromatic carbocycles. The van der Waals surface area contributed by atoms with Crippen LogP contribution < -0.4 is 5.32 Å². The third-order valence-corrected chi connectivity index (χ3v) is 5.39. The van der Waals surface area contributed by atoms with E-state index in [0.717, 1.165) is 24.2 Å². The highest BCUT2D eigenvalue weighted by Gasteiger charge is 2.21. The zero-order valence-corrected chi connectivity index (χ0v) is 17.2. The van der Waals surface area contributed by atoms with E-state index in [9.17, 15) is 14.9 Å². The Balaban J connectivity index is 1.45. The number of halogens is 2. The van der Waals surface area contributed by atoms with Crippen molar-refractivity contribution in [1.29, 1.82) is 0 Å². The van der Waals surface area contributed by atoms with Gasteiger partial charge in [0.05, 0.1) is 34.1 Å². The van der Waals surface area contributed by atoms with Crippen LogP contribution in [0.15, 0.2) is 42.5 Å². The normalized spacial score (nSPS) is 17.1. The van der Waals surface area contributed by atoms with E-state index >= 15 is 0 Å². The minimum absolute atomic E-state index is 0.00632. The fraction of sp³-hybridized carbons (Fsp3) is 0.350. The zero-order valence-electron chi connectivity index (χ0n) is 15.6. The fourth-order valence-electron chi connectivity index (χ4n) is 3.15. The van der Waals surface area contributed by atoms with Crippen molar-refractivity contribution in [2.45, 2.75) is 19.1 Å². The number of nitrogens with zero attached hydrogens (tertiary/aromatic N) is 2. The number of non-ortho nitro benzene ring substituents is 1. The van der Waals surface area contributed by atoms with Gasteiger partial charge in [-0.25, -0.2) is 0 Å². The van der Waals surface area contributed by atoms with Gasteiger partial charge in [-0.3, -0.25) is 19.8 Å². The lowest BCUT2D eigenvalue weighted by Gasteiger charge is -2.33. The number of hydrogen-bond donors (Lipinski definition) is 1. The number of ether oxygens (including phenoxy) is 1. The lowest BCUT2D eigenvalue weighted by Crippen LogP contribution is -2.47. The summed E-state index contributed by atoms with van der Waals surface area (Å²) >= 11 is 12.0. The van der Waals surface area contributed by atoms with Crippen molar-refractivity contribution in [2.24, 2.45) is 0 Å². The molecule has 0 aromatic heterocycles. The number of nitro benzene ring substituents is 1. The Morgan fingerprint density at radius 3 is 2.59 bits per heavy atom. The molecular formula is C20H21Cl2N3O4. The van der Waals surface area contributed by atoms with Gasteiger partial charge in [0.2, 0.25) is 5.91 Å². The molecule has 29 heavy (non-hydrogen) atoms. The van der Waals surface area contributed by atoms with Crippen molar-refractivity contribution in [3.8, 4) is 0 Å². The molecule has 1 aliphatic rings. The molecule has 0 spiro atoms. The van der Waals surface area contributed by atoms with E-state index < -0.39 is 4.92 Å². The summed E-state index contributed by atoms with van der Waals surface area (Å²) in [7, 11) is 0. The molecule has 154 valence electrons. The van der Waals surface area contributed by atoms with Crippen LogP contribution >= 0.6 is 23.2 Å². The van der Waals surface area contributed by atoms with Gasteiger partial charge in [-0.1, -0.05) is 41.4 Å². The third-order valence-electron chi connectivity index (χ3n) is 4.65. The second-order valence-electron chi connectivity index (χ2n) is 6.88. The van der Waals surface area contributed by atoms with Crippen LogP contribution in [-0.2, 0) is 22.5 Å². The second kappa shape index (κ2) is 10.0. The first-order valence-electron chi connectivity index (χ1n) is 9.18. The molecule has 1 saturated heterocycles. The van der Waals surface area contributed by atoms with E-state index in [1.807, 2.05) is 12.1 Å². The van der Waals surface area contributed by atoms with Gasteiger partial charge in [0, 0.05) is 38.3 Å². The molecule has 3 rings (SSSR count). The van der Waals surface area contributed by atoms with E-state index in [1.54, 1.807) is 18.2 Å². The summed E-state index contributed by atoms with van der Waals surface area (Å²) < 4.78 is 5.75. The van der Waals surface area contributed by atoms with E-state index in [2.05, 4.69) is 10.2 Å². The summed E-state index contributed by atoms with van der Waals surface area (Å²) in [6.07, 6.45) is 0.0601. The van der Waals surface area contributed by atoms with Gasteiger partial charge in [-0.2, -0.15) is 0 Å². The molecule has 1 heterocycles. The van der Waals surface area contributed by atoms with Crippen molar-refractivity contribution < 1.29 is 14.5 Å². The minimum atomic E-state index is -0.464. The van der Waals surface area contributed by atoms with Crippen LogP contribution in [0.1, 0.15) is 11.1 Å². The van der Waals surface area contributed by atoms with E-state index in [1.165, 1.54) is 12.1 Å². The summed E-state index contributed by atoms with van der Waals surface area (Å²) in [5.74, 6) is -0.149. The summed E-state index contributed by atoms with van der Waals surface area (Å²) in [6.45, 7) is 3.22. The Kier molecular flexibility index (Phi) is 7.44. The fourth-order valence-corrected chi connectivity index (χ4v) is 3.48. The summed E-state index contributed by atoms with van der Waals surface area (Å²) in [5, 5.41) is 14.6. The molecule has 9 heteroatoms. The molecule has 7 nitrogen and oxygen atoms in total. The predicted molar refractivity (Wildman–Crippen MR) is 111 cm³/mol. The minimum Gasteiger partial charge on any atom is -0.374 e. The number of carbonyl (C=O) groups excluding carboxylic acids is 1. The molecule has 1 atom stereocenters. The number of hydrogen-bond acceptors (Lipinski definition) is 5. The van der Waals surface area contributed by atoms with Crippen LogP contribution in [0.4, 0.5) is 5.69 Å². The third kappa shape index (κ3) is 6.40. The van der Waals surface area contributed by atoms with E-state index in [-0.39, 0.29) is 24.1 Å². The molecule has 2 aromatic rings. The van der Waals surface area contributed by atoms with Crippen molar-refractivity contribution >= 4 is 34.8 Å². The Bertz CT molecular complexity index is 877. The molecule has 1 amide bonds. The maximum absolute atomic E-state index is 12.2. The van der Waals surface area contributed by atoms with Crippen LogP contribution in [0, 0.1) is 10.1 Å². The number of benzene rings is 2. The summed E-state index contributed by atoms with van der Waals surface area (Å²) in [5.41, 5.74) is 1.80. The van der Waals surface area contributed by atoms with Crippen molar-refractivity contribution in [2.75, 3.05) is 26.2 Å².